The van der Waals surface area contributed by atoms with Crippen molar-refractivity contribution in [3.05, 3.63) is 201 Å². The van der Waals surface area contributed by atoms with Crippen LogP contribution in [0.4, 0.5) is 18.9 Å². The molecule has 0 aliphatic heterocycles. The largest absolute Gasteiger partial charge is 0.483 e. The molecule has 89 heavy (non-hydrogen) atoms. The van der Waals surface area contributed by atoms with Gasteiger partial charge in [0.1, 0.15) is 34.7 Å². The van der Waals surface area contributed by atoms with Gasteiger partial charge in [-0.3, -0.25) is 9.36 Å². The predicted molar refractivity (Wildman–Crippen MR) is 366 cm³/mol. The summed E-state index contributed by atoms with van der Waals surface area (Å²) in [6.45, 7) is 57.0. The second-order valence-corrected chi connectivity index (χ2v) is 33.7. The van der Waals surface area contributed by atoms with Crippen LogP contribution >= 0.6 is 15.0 Å². The lowest BCUT2D eigenvalue weighted by Crippen LogP contribution is -2.28. The van der Waals surface area contributed by atoms with Gasteiger partial charge < -0.3 is 29.5 Å². The first-order valence-electron chi connectivity index (χ1n) is 30.2. The molecule has 2 atom stereocenters. The first kappa shape index (κ1) is 81.0. The van der Waals surface area contributed by atoms with E-state index in [1.807, 2.05) is 113 Å². The third kappa shape index (κ3) is 29.2. The molecular formula is C74H107F3N2O8P2. The summed E-state index contributed by atoms with van der Waals surface area (Å²) in [6.07, 6.45) is 0.371. The fourth-order valence-electron chi connectivity index (χ4n) is 8.62. The van der Waals surface area contributed by atoms with Gasteiger partial charge in [-0.2, -0.15) is 0 Å². The Morgan fingerprint density at radius 2 is 0.888 bits per heavy atom. The summed E-state index contributed by atoms with van der Waals surface area (Å²) in [5.74, 6) is -0.250. The Morgan fingerprint density at radius 1 is 0.528 bits per heavy atom. The molecule has 0 amide bonds. The van der Waals surface area contributed by atoms with Gasteiger partial charge in [0.05, 0.1) is 12.0 Å². The van der Waals surface area contributed by atoms with Crippen molar-refractivity contribution in [3.8, 4) is 17.2 Å². The van der Waals surface area contributed by atoms with Crippen molar-refractivity contribution in [2.24, 2.45) is 11.1 Å². The highest BCUT2D eigenvalue weighted by molar-refractivity contribution is 7.56. The number of carbonyl (C=O) groups is 1. The molecule has 0 aromatic heterocycles. The van der Waals surface area contributed by atoms with Gasteiger partial charge in [0, 0.05) is 38.1 Å². The third-order valence-electron chi connectivity index (χ3n) is 13.9. The first-order valence-corrected chi connectivity index (χ1v) is 34.5. The van der Waals surface area contributed by atoms with Crippen LogP contribution in [-0.2, 0) is 53.0 Å². The van der Waals surface area contributed by atoms with E-state index in [0.29, 0.717) is 35.6 Å². The van der Waals surface area contributed by atoms with E-state index in [4.69, 9.17) is 36.1 Å². The Morgan fingerprint density at radius 3 is 1.22 bits per heavy atom. The molecule has 15 heteroatoms. The number of para-hydroxylation sites is 1. The standard InChI is InChI=1S/C16H23FO2.C13H20.C12H18FO3P.C11H16FO3P.C11H13N.C11H17N/c1-7-16(5,6)14(18)19-11-8-9-12(13(17)10-11)15(2,3)4;1-10(2)11-8-6-7-9-12(11)13(3,4)5;1-12(2,3)10-6-5-9(7-11(10)13)16-8-17(4,14)15;1-11(2,3)9-6-5-8(7-10(9)12)15-16(4,13)14;1-11(2,3)9-7-5-6-8-10(9)12-4;1-11(2,3)10-7-5-4-6-9(10)8-12/h8-10H,7H2,1-6H3;6-10H,1-5H3;5-7H,8H2,1-4H3,(H,14,15);5-7H,1-4H3,(H,13,14);5-8H,1-3H3;4-7H,8,12H2,1-3H3. The second kappa shape index (κ2) is 33.4. The van der Waals surface area contributed by atoms with Crippen molar-refractivity contribution < 1.29 is 50.9 Å². The Labute approximate surface area is 534 Å². The number of benzene rings is 6. The molecule has 10 nitrogen and oxygen atoms in total. The monoisotopic (exact) mass is 1270 g/mol. The second-order valence-electron chi connectivity index (χ2n) is 29.5. The summed E-state index contributed by atoms with van der Waals surface area (Å²) in [7, 11) is -6.87. The van der Waals surface area contributed by atoms with E-state index in [1.165, 1.54) is 47.1 Å². The van der Waals surface area contributed by atoms with E-state index in [2.05, 4.69) is 123 Å². The van der Waals surface area contributed by atoms with Gasteiger partial charge in [-0.1, -0.05) is 236 Å². The molecule has 6 rings (SSSR count). The lowest BCUT2D eigenvalue weighted by molar-refractivity contribution is -0.144. The lowest BCUT2D eigenvalue weighted by atomic mass is 9.81. The normalized spacial score (nSPS) is 13.2. The van der Waals surface area contributed by atoms with Gasteiger partial charge in [-0.15, -0.1) is 0 Å². The molecule has 0 spiro atoms. The van der Waals surface area contributed by atoms with Crippen molar-refractivity contribution in [2.45, 2.75) is 211 Å². The zero-order valence-corrected chi connectivity index (χ0v) is 60.0. The number of esters is 1. The summed E-state index contributed by atoms with van der Waals surface area (Å²) in [5, 5.41) is 0. The van der Waals surface area contributed by atoms with Gasteiger partial charge in [-0.05, 0) is 121 Å². The van der Waals surface area contributed by atoms with Gasteiger partial charge >= 0.3 is 13.6 Å². The maximum Gasteiger partial charge on any atom is 0.373 e. The van der Waals surface area contributed by atoms with Crippen LogP contribution in [0.1, 0.15) is 216 Å². The average Bonchev–Trinajstić information content (AvgIpc) is 1.36. The molecule has 6 aromatic rings. The van der Waals surface area contributed by atoms with Crippen LogP contribution in [0.5, 0.6) is 17.2 Å². The van der Waals surface area contributed by atoms with Crippen LogP contribution < -0.4 is 19.7 Å². The van der Waals surface area contributed by atoms with Crippen LogP contribution in [0.15, 0.2) is 127 Å². The van der Waals surface area contributed by atoms with Crippen LogP contribution in [0.2, 0.25) is 0 Å². The predicted octanol–water partition coefficient (Wildman–Crippen LogP) is 21.2. The number of rotatable bonds is 10. The zero-order valence-electron chi connectivity index (χ0n) is 58.2. The summed E-state index contributed by atoms with van der Waals surface area (Å²) in [4.78, 5) is 33.5. The molecule has 0 aliphatic rings. The van der Waals surface area contributed by atoms with Gasteiger partial charge in [0.25, 0.3) is 0 Å². The molecule has 0 saturated heterocycles. The number of halogens is 3. The zero-order chi connectivity index (χ0) is 69.1. The van der Waals surface area contributed by atoms with E-state index in [-0.39, 0.29) is 73.7 Å². The number of carbonyl (C=O) groups excluding carboxylic acids is 1. The minimum atomic E-state index is -3.63. The summed E-state index contributed by atoms with van der Waals surface area (Å²) < 4.78 is 78.5. The van der Waals surface area contributed by atoms with Gasteiger partial charge in [-0.25, -0.2) is 22.6 Å². The average molecular weight is 1270 g/mol. The maximum atomic E-state index is 14.0. The number of ether oxygens (including phenoxy) is 2. The number of hydrogen-bond donors (Lipinski definition) is 3. The van der Waals surface area contributed by atoms with Gasteiger partial charge in [0.15, 0.2) is 12.0 Å². The molecule has 0 bridgehead atoms. The van der Waals surface area contributed by atoms with Crippen molar-refractivity contribution in [1.82, 2.24) is 0 Å². The van der Waals surface area contributed by atoms with Crippen LogP contribution in [-0.4, -0.2) is 35.4 Å². The smallest absolute Gasteiger partial charge is 0.373 e. The molecule has 0 heterocycles. The molecule has 2 unspecified atom stereocenters. The molecule has 0 aliphatic carbocycles. The molecule has 6 aromatic carbocycles. The minimum absolute atomic E-state index is 0.0684. The highest BCUT2D eigenvalue weighted by atomic mass is 31.2. The maximum absolute atomic E-state index is 14.0. The Bertz CT molecular complexity index is 3350. The van der Waals surface area contributed by atoms with Crippen molar-refractivity contribution in [2.75, 3.05) is 19.7 Å². The van der Waals surface area contributed by atoms with Crippen molar-refractivity contribution in [1.29, 1.82) is 0 Å². The molecule has 0 fully saturated rings. The summed E-state index contributed by atoms with van der Waals surface area (Å²) in [6, 6.07) is 38.2. The number of nitrogens with zero attached hydrogens (tertiary/aromatic N) is 1. The third-order valence-corrected chi connectivity index (χ3v) is 15.1. The quantitative estimate of drug-likeness (QED) is 0.0527. The number of hydrogen-bond acceptors (Lipinski definition) is 7. The van der Waals surface area contributed by atoms with Crippen molar-refractivity contribution >= 4 is 26.6 Å². The van der Waals surface area contributed by atoms with E-state index in [1.54, 1.807) is 30.3 Å². The van der Waals surface area contributed by atoms with E-state index >= 15 is 0 Å². The lowest BCUT2D eigenvalue weighted by Gasteiger charge is -2.24. The highest BCUT2D eigenvalue weighted by Gasteiger charge is 2.29. The van der Waals surface area contributed by atoms with E-state index in [0.717, 1.165) is 24.0 Å². The highest BCUT2D eigenvalue weighted by Crippen LogP contribution is 2.40. The van der Waals surface area contributed by atoms with Crippen LogP contribution in [0, 0.1) is 29.4 Å². The van der Waals surface area contributed by atoms with E-state index < -0.39 is 26.2 Å². The SMILES string of the molecule is CC(C)(C)c1ccc(OCP(C)(=O)O)cc1F.CC(C)(C)c1ccc(OP(C)(=O)O)cc1F.CC(C)(C)c1ccccc1CN.CC(C)c1ccccc1C(C)(C)C.CCC(C)(C)C(=O)Oc1ccc(C(C)(C)C)c(F)c1.[C-]#[N+]c1ccccc1C(C)(C)C. The fourth-order valence-corrected chi connectivity index (χ4v) is 9.51. The van der Waals surface area contributed by atoms with Crippen molar-refractivity contribution in [3.63, 3.8) is 0 Å². The van der Waals surface area contributed by atoms with E-state index in [9.17, 15) is 27.1 Å². The first-order chi connectivity index (χ1) is 40.3. The summed E-state index contributed by atoms with van der Waals surface area (Å²) in [5.41, 5.74) is 14.0. The Hall–Kier alpha value is -5.99. The Balaban J connectivity index is 0.000000538. The minimum Gasteiger partial charge on any atom is -0.483 e. The molecule has 0 radical (unpaired) electrons. The van der Waals surface area contributed by atoms with Crippen LogP contribution in [0.25, 0.3) is 4.85 Å². The van der Waals surface area contributed by atoms with Crippen LogP contribution in [0.3, 0.4) is 0 Å². The topological polar surface area (TPSA) is 150 Å². The van der Waals surface area contributed by atoms with Gasteiger partial charge in [0.2, 0.25) is 7.37 Å². The molecular weight excluding hydrogens is 1160 g/mol. The fraction of sp³-hybridized carbons (Fsp3) is 0.486. The summed E-state index contributed by atoms with van der Waals surface area (Å²) >= 11 is 0. The number of nitrogens with two attached hydrogens (primary N) is 1. The molecule has 4 N–H and O–H groups in total. The Kier molecular flexibility index (Phi) is 30.4. The molecule has 492 valence electrons. The molecule has 0 saturated carbocycles.